The highest BCUT2D eigenvalue weighted by molar-refractivity contribution is 6.33. The van der Waals surface area contributed by atoms with Gasteiger partial charge in [-0.1, -0.05) is 31.5 Å². The molecule has 0 aromatic heterocycles. The van der Waals surface area contributed by atoms with Gasteiger partial charge in [0, 0.05) is 19.1 Å². The molecule has 0 radical (unpaired) electrons. The summed E-state index contributed by atoms with van der Waals surface area (Å²) in [6.07, 6.45) is 2.04. The van der Waals surface area contributed by atoms with Crippen molar-refractivity contribution in [2.75, 3.05) is 19.6 Å². The lowest BCUT2D eigenvalue weighted by Gasteiger charge is -2.33. The molecule has 1 N–H and O–H groups in total. The van der Waals surface area contributed by atoms with E-state index >= 15 is 0 Å². The van der Waals surface area contributed by atoms with Crippen LogP contribution in [0.5, 0.6) is 0 Å². The maximum atomic E-state index is 13.9. The Morgan fingerprint density at radius 3 is 2.95 bits per heavy atom. The van der Waals surface area contributed by atoms with Gasteiger partial charge in [-0.2, -0.15) is 0 Å². The van der Waals surface area contributed by atoms with E-state index in [-0.39, 0.29) is 16.5 Å². The molecule has 1 aliphatic heterocycles. The summed E-state index contributed by atoms with van der Waals surface area (Å²) in [5.74, 6) is -0.432. The second-order valence-corrected chi connectivity index (χ2v) is 6.33. The Kier molecular flexibility index (Phi) is 5.59. The zero-order valence-electron chi connectivity index (χ0n) is 12.5. The lowest BCUT2D eigenvalue weighted by Crippen LogP contribution is -2.44. The Balaban J connectivity index is 2.05. The van der Waals surface area contributed by atoms with E-state index in [0.717, 1.165) is 19.4 Å². The summed E-state index contributed by atoms with van der Waals surface area (Å²) in [6.45, 7) is 6.41. The molecule has 1 heterocycles. The standard InChI is InChI=1S/C16H22ClFN2O/c1-11(2)19-9-12-5-4-8-20(10-12)16(21)15-13(17)6-3-7-14(15)18/h3,6-7,11-12,19H,4-5,8-10H2,1-2H3. The number of amides is 1. The van der Waals surface area contributed by atoms with E-state index < -0.39 is 5.82 Å². The first-order valence-corrected chi connectivity index (χ1v) is 7.83. The molecule has 5 heteroatoms. The maximum absolute atomic E-state index is 13.9. The summed E-state index contributed by atoms with van der Waals surface area (Å²) in [5, 5.41) is 3.58. The van der Waals surface area contributed by atoms with E-state index in [1.807, 2.05) is 0 Å². The zero-order chi connectivity index (χ0) is 15.4. The molecular weight excluding hydrogens is 291 g/mol. The van der Waals surface area contributed by atoms with Gasteiger partial charge < -0.3 is 10.2 Å². The van der Waals surface area contributed by atoms with Crippen LogP contribution in [0.15, 0.2) is 18.2 Å². The number of piperidine rings is 1. The minimum absolute atomic E-state index is 0.00312. The number of carbonyl (C=O) groups is 1. The number of benzene rings is 1. The zero-order valence-corrected chi connectivity index (χ0v) is 13.3. The van der Waals surface area contributed by atoms with Crippen LogP contribution >= 0.6 is 11.6 Å². The Hall–Kier alpha value is -1.13. The van der Waals surface area contributed by atoms with Crippen LogP contribution in [0.4, 0.5) is 4.39 Å². The number of nitrogens with one attached hydrogen (secondary N) is 1. The molecule has 2 rings (SSSR count). The van der Waals surface area contributed by atoms with Crippen LogP contribution in [0.1, 0.15) is 37.0 Å². The van der Waals surface area contributed by atoms with Gasteiger partial charge in [0.1, 0.15) is 5.82 Å². The predicted octanol–water partition coefficient (Wildman–Crippen LogP) is 3.33. The third-order valence-electron chi connectivity index (χ3n) is 3.80. The molecule has 1 aromatic carbocycles. The highest BCUT2D eigenvalue weighted by Crippen LogP contribution is 2.24. The summed E-state index contributed by atoms with van der Waals surface area (Å²) in [4.78, 5) is 14.2. The van der Waals surface area contributed by atoms with E-state index in [9.17, 15) is 9.18 Å². The number of carbonyl (C=O) groups excluding carboxylic acids is 1. The van der Waals surface area contributed by atoms with Crippen molar-refractivity contribution >= 4 is 17.5 Å². The van der Waals surface area contributed by atoms with Gasteiger partial charge in [-0.05, 0) is 37.4 Å². The van der Waals surface area contributed by atoms with Gasteiger partial charge in [-0.25, -0.2) is 4.39 Å². The first-order valence-electron chi connectivity index (χ1n) is 7.45. The second kappa shape index (κ2) is 7.23. The van der Waals surface area contributed by atoms with Gasteiger partial charge in [-0.15, -0.1) is 0 Å². The van der Waals surface area contributed by atoms with Crippen LogP contribution in [-0.4, -0.2) is 36.5 Å². The van der Waals surface area contributed by atoms with E-state index in [4.69, 9.17) is 11.6 Å². The van der Waals surface area contributed by atoms with Crippen molar-refractivity contribution in [2.24, 2.45) is 5.92 Å². The highest BCUT2D eigenvalue weighted by Gasteiger charge is 2.27. The number of hydrogen-bond donors (Lipinski definition) is 1. The summed E-state index contributed by atoms with van der Waals surface area (Å²) in [6, 6.07) is 4.78. The molecule has 0 spiro atoms. The van der Waals surface area contributed by atoms with Crippen molar-refractivity contribution in [1.29, 1.82) is 0 Å². The fourth-order valence-electron chi connectivity index (χ4n) is 2.68. The first kappa shape index (κ1) is 16.2. The predicted molar refractivity (Wildman–Crippen MR) is 83.2 cm³/mol. The summed E-state index contributed by atoms with van der Waals surface area (Å²) in [7, 11) is 0. The lowest BCUT2D eigenvalue weighted by molar-refractivity contribution is 0.0667. The number of halogens is 2. The highest BCUT2D eigenvalue weighted by atomic mass is 35.5. The van der Waals surface area contributed by atoms with Crippen LogP contribution in [-0.2, 0) is 0 Å². The van der Waals surface area contributed by atoms with Crippen LogP contribution in [0.3, 0.4) is 0 Å². The van der Waals surface area contributed by atoms with Gasteiger partial charge in [0.15, 0.2) is 0 Å². The molecule has 1 saturated heterocycles. The number of likely N-dealkylation sites (tertiary alicyclic amines) is 1. The van der Waals surface area contributed by atoms with Crippen LogP contribution < -0.4 is 5.32 Å². The third-order valence-corrected chi connectivity index (χ3v) is 4.11. The molecule has 21 heavy (non-hydrogen) atoms. The number of nitrogens with zero attached hydrogens (tertiary/aromatic N) is 1. The minimum Gasteiger partial charge on any atom is -0.338 e. The molecule has 3 nitrogen and oxygen atoms in total. The molecule has 0 saturated carbocycles. The molecule has 1 aromatic rings. The van der Waals surface area contributed by atoms with Gasteiger partial charge >= 0.3 is 0 Å². The van der Waals surface area contributed by atoms with Crippen LogP contribution in [0, 0.1) is 11.7 Å². The monoisotopic (exact) mass is 312 g/mol. The Labute approximate surface area is 130 Å². The Morgan fingerprint density at radius 1 is 1.52 bits per heavy atom. The molecule has 1 unspecified atom stereocenters. The van der Waals surface area contributed by atoms with E-state index in [1.54, 1.807) is 11.0 Å². The molecule has 0 aliphatic carbocycles. The van der Waals surface area contributed by atoms with E-state index in [1.165, 1.54) is 12.1 Å². The average Bonchev–Trinajstić information content (AvgIpc) is 2.45. The van der Waals surface area contributed by atoms with Crippen molar-refractivity contribution in [1.82, 2.24) is 10.2 Å². The number of rotatable bonds is 4. The molecule has 1 fully saturated rings. The third kappa shape index (κ3) is 4.17. The Morgan fingerprint density at radius 2 is 2.29 bits per heavy atom. The van der Waals surface area contributed by atoms with Crippen molar-refractivity contribution in [2.45, 2.75) is 32.7 Å². The Bertz CT molecular complexity index is 487. The minimum atomic E-state index is -0.546. The van der Waals surface area contributed by atoms with Crippen molar-refractivity contribution in [3.8, 4) is 0 Å². The summed E-state index contributed by atoms with van der Waals surface area (Å²) < 4.78 is 13.9. The molecule has 1 amide bonds. The fourth-order valence-corrected chi connectivity index (χ4v) is 2.92. The van der Waals surface area contributed by atoms with Gasteiger partial charge in [-0.3, -0.25) is 4.79 Å². The number of hydrogen-bond acceptors (Lipinski definition) is 2. The fraction of sp³-hybridized carbons (Fsp3) is 0.562. The van der Waals surface area contributed by atoms with E-state index in [2.05, 4.69) is 19.2 Å². The van der Waals surface area contributed by atoms with Gasteiger partial charge in [0.05, 0.1) is 10.6 Å². The molecular formula is C16H22ClFN2O. The smallest absolute Gasteiger partial charge is 0.258 e. The van der Waals surface area contributed by atoms with Crippen molar-refractivity contribution in [3.63, 3.8) is 0 Å². The van der Waals surface area contributed by atoms with Crippen molar-refractivity contribution < 1.29 is 9.18 Å². The summed E-state index contributed by atoms with van der Waals surface area (Å²) >= 11 is 5.98. The van der Waals surface area contributed by atoms with E-state index in [0.29, 0.717) is 25.0 Å². The quantitative estimate of drug-likeness (QED) is 0.925. The van der Waals surface area contributed by atoms with Gasteiger partial charge in [0.2, 0.25) is 0 Å². The normalized spacial score (nSPS) is 19.1. The largest absolute Gasteiger partial charge is 0.338 e. The molecule has 1 atom stereocenters. The summed E-state index contributed by atoms with van der Waals surface area (Å²) in [5.41, 5.74) is -0.00312. The second-order valence-electron chi connectivity index (χ2n) is 5.92. The first-order chi connectivity index (χ1) is 9.99. The molecule has 0 bridgehead atoms. The molecule has 116 valence electrons. The molecule has 1 aliphatic rings. The van der Waals surface area contributed by atoms with Crippen molar-refractivity contribution in [3.05, 3.63) is 34.6 Å². The average molecular weight is 313 g/mol. The topological polar surface area (TPSA) is 32.3 Å². The van der Waals surface area contributed by atoms with Crippen LogP contribution in [0.25, 0.3) is 0 Å². The SMILES string of the molecule is CC(C)NCC1CCCN(C(=O)c2c(F)cccc2Cl)C1. The maximum Gasteiger partial charge on any atom is 0.258 e. The van der Waals surface area contributed by atoms with Crippen LogP contribution in [0.2, 0.25) is 5.02 Å². The lowest BCUT2D eigenvalue weighted by atomic mass is 9.97. The van der Waals surface area contributed by atoms with Gasteiger partial charge in [0.25, 0.3) is 5.91 Å².